The van der Waals surface area contributed by atoms with Gasteiger partial charge < -0.3 is 33.2 Å². The van der Waals surface area contributed by atoms with Crippen molar-refractivity contribution < 1.29 is 47.5 Å². The van der Waals surface area contributed by atoms with E-state index in [1.54, 1.807) is 48.5 Å². The van der Waals surface area contributed by atoms with E-state index < -0.39 is 11.9 Å². The molecule has 0 saturated carbocycles. The van der Waals surface area contributed by atoms with E-state index >= 15 is 0 Å². The van der Waals surface area contributed by atoms with Crippen molar-refractivity contribution in [1.29, 1.82) is 0 Å². The molecule has 42 heavy (non-hydrogen) atoms. The van der Waals surface area contributed by atoms with Gasteiger partial charge in [0.15, 0.2) is 0 Å². The first-order valence-corrected chi connectivity index (χ1v) is 13.7. The maximum atomic E-state index is 12.5. The number of rotatable bonds is 18. The Balaban J connectivity index is 1.38. The first-order valence-electron chi connectivity index (χ1n) is 13.7. The van der Waals surface area contributed by atoms with Crippen LogP contribution < -0.4 is 18.9 Å². The largest absolute Gasteiger partial charge is 0.494 e. The van der Waals surface area contributed by atoms with Crippen molar-refractivity contribution in [1.82, 2.24) is 0 Å². The van der Waals surface area contributed by atoms with Crippen LogP contribution in [0.25, 0.3) is 0 Å². The first kappa shape index (κ1) is 32.1. The third-order valence-corrected chi connectivity index (χ3v) is 5.61. The van der Waals surface area contributed by atoms with Crippen LogP contribution in [0.5, 0.6) is 23.0 Å². The van der Waals surface area contributed by atoms with E-state index in [1.165, 1.54) is 31.2 Å². The molecule has 0 amide bonds. The number of unbranched alkanes of at least 4 members (excludes halogenated alkanes) is 1. The van der Waals surface area contributed by atoms with Gasteiger partial charge in [0.2, 0.25) is 0 Å². The topological polar surface area (TPSA) is 116 Å². The highest BCUT2D eigenvalue weighted by Crippen LogP contribution is 2.21. The summed E-state index contributed by atoms with van der Waals surface area (Å²) in [7, 11) is 0. The maximum Gasteiger partial charge on any atom is 0.343 e. The van der Waals surface area contributed by atoms with Gasteiger partial charge in [0, 0.05) is 13.5 Å². The second-order valence-electron chi connectivity index (χ2n) is 8.85. The van der Waals surface area contributed by atoms with E-state index in [-0.39, 0.29) is 11.7 Å². The van der Waals surface area contributed by atoms with Gasteiger partial charge in [-0.25, -0.2) is 9.59 Å². The number of hydrogen-bond donors (Lipinski definition) is 0. The predicted molar refractivity (Wildman–Crippen MR) is 153 cm³/mol. The fraction of sp³-hybridized carbons (Fsp3) is 0.344. The molecule has 224 valence electrons. The van der Waals surface area contributed by atoms with Gasteiger partial charge in [-0.05, 0) is 92.6 Å². The second-order valence-corrected chi connectivity index (χ2v) is 8.85. The third kappa shape index (κ3) is 12.0. The summed E-state index contributed by atoms with van der Waals surface area (Å²) in [5, 5.41) is 0. The van der Waals surface area contributed by atoms with E-state index in [0.29, 0.717) is 81.0 Å². The number of hydrogen-bond acceptors (Lipinski definition) is 10. The average molecular weight is 581 g/mol. The first-order chi connectivity index (χ1) is 20.4. The van der Waals surface area contributed by atoms with Crippen molar-refractivity contribution in [2.45, 2.75) is 26.7 Å². The highest BCUT2D eigenvalue weighted by molar-refractivity contribution is 5.92. The molecule has 0 aliphatic carbocycles. The van der Waals surface area contributed by atoms with Crippen molar-refractivity contribution in [2.24, 2.45) is 0 Å². The van der Waals surface area contributed by atoms with Gasteiger partial charge in [-0.3, -0.25) is 4.79 Å². The van der Waals surface area contributed by atoms with Crippen LogP contribution in [0, 0.1) is 0 Å². The Bertz CT molecular complexity index is 1240. The molecule has 0 aliphatic rings. The summed E-state index contributed by atoms with van der Waals surface area (Å²) in [5.41, 5.74) is 0.649. The SMILES string of the molecule is CCOCCOCCOc1ccc(OC(=O)c2ccc(OC(=O)c3ccc(OCCCCOC(C)=O)cc3)cc2)cc1. The van der Waals surface area contributed by atoms with Gasteiger partial charge in [0.1, 0.15) is 29.6 Å². The zero-order valence-corrected chi connectivity index (χ0v) is 23.9. The molecule has 10 nitrogen and oxygen atoms in total. The van der Waals surface area contributed by atoms with E-state index in [9.17, 15) is 14.4 Å². The molecule has 0 fully saturated rings. The zero-order valence-electron chi connectivity index (χ0n) is 23.9. The Hall–Kier alpha value is -4.41. The molecular weight excluding hydrogens is 544 g/mol. The molecule has 0 N–H and O–H groups in total. The molecule has 0 spiro atoms. The van der Waals surface area contributed by atoms with E-state index in [2.05, 4.69) is 0 Å². The lowest BCUT2D eigenvalue weighted by Gasteiger charge is -2.09. The summed E-state index contributed by atoms with van der Waals surface area (Å²) < 4.78 is 37.6. The van der Waals surface area contributed by atoms with Crippen LogP contribution in [0.2, 0.25) is 0 Å². The lowest BCUT2D eigenvalue weighted by Crippen LogP contribution is -2.11. The second kappa shape index (κ2) is 18.1. The van der Waals surface area contributed by atoms with Crippen molar-refractivity contribution in [2.75, 3.05) is 46.2 Å². The molecule has 0 bridgehead atoms. The standard InChI is InChI=1S/C32H36O10/c1-3-36-20-21-37-22-23-40-28-14-16-30(17-15-28)42-32(35)26-8-12-29(13-9-26)41-31(34)25-6-10-27(11-7-25)39-19-5-4-18-38-24(2)33/h6-17H,3-5,18-23H2,1-2H3. The summed E-state index contributed by atoms with van der Waals surface area (Å²) in [6.07, 6.45) is 1.44. The van der Waals surface area contributed by atoms with Crippen LogP contribution in [0.15, 0.2) is 72.8 Å². The molecule has 0 aromatic heterocycles. The fourth-order valence-corrected chi connectivity index (χ4v) is 3.47. The molecular formula is C32H36O10. The van der Waals surface area contributed by atoms with Crippen LogP contribution in [0.1, 0.15) is 47.4 Å². The minimum absolute atomic E-state index is 0.285. The van der Waals surface area contributed by atoms with Crippen LogP contribution >= 0.6 is 0 Å². The Labute approximate surface area is 245 Å². The highest BCUT2D eigenvalue weighted by Gasteiger charge is 2.12. The molecule has 0 aliphatic heterocycles. The lowest BCUT2D eigenvalue weighted by atomic mass is 10.2. The van der Waals surface area contributed by atoms with Crippen LogP contribution in [0.4, 0.5) is 0 Å². The lowest BCUT2D eigenvalue weighted by molar-refractivity contribution is -0.141. The van der Waals surface area contributed by atoms with Crippen LogP contribution in [-0.2, 0) is 19.0 Å². The van der Waals surface area contributed by atoms with Crippen molar-refractivity contribution >= 4 is 17.9 Å². The molecule has 3 aromatic carbocycles. The van der Waals surface area contributed by atoms with E-state index in [1.807, 2.05) is 6.92 Å². The average Bonchev–Trinajstić information content (AvgIpc) is 2.99. The van der Waals surface area contributed by atoms with Crippen molar-refractivity contribution in [3.8, 4) is 23.0 Å². The van der Waals surface area contributed by atoms with Gasteiger partial charge in [-0.1, -0.05) is 0 Å². The quantitative estimate of drug-likeness (QED) is 0.112. The van der Waals surface area contributed by atoms with Gasteiger partial charge in [0.25, 0.3) is 0 Å². The third-order valence-electron chi connectivity index (χ3n) is 5.61. The predicted octanol–water partition coefficient (Wildman–Crippen LogP) is 5.28. The molecule has 0 unspecified atom stereocenters. The Kier molecular flexibility index (Phi) is 13.8. The fourth-order valence-electron chi connectivity index (χ4n) is 3.47. The Morgan fingerprint density at radius 2 is 0.952 bits per heavy atom. The molecule has 0 heterocycles. The summed E-state index contributed by atoms with van der Waals surface area (Å²) in [5.74, 6) is 0.502. The number of benzene rings is 3. The molecule has 3 aromatic rings. The van der Waals surface area contributed by atoms with E-state index in [4.69, 9.17) is 33.2 Å². The Morgan fingerprint density at radius 3 is 1.50 bits per heavy atom. The highest BCUT2D eigenvalue weighted by atomic mass is 16.6. The number of ether oxygens (including phenoxy) is 7. The van der Waals surface area contributed by atoms with E-state index in [0.717, 1.165) is 6.42 Å². The molecule has 0 saturated heterocycles. The van der Waals surface area contributed by atoms with Crippen LogP contribution in [0.3, 0.4) is 0 Å². The van der Waals surface area contributed by atoms with Gasteiger partial charge in [-0.15, -0.1) is 0 Å². The summed E-state index contributed by atoms with van der Waals surface area (Å²) in [4.78, 5) is 35.8. The zero-order chi connectivity index (χ0) is 30.0. The number of carbonyl (C=O) groups is 3. The summed E-state index contributed by atoms with van der Waals surface area (Å²) in [6, 6.07) is 19.4. The normalized spacial score (nSPS) is 10.5. The van der Waals surface area contributed by atoms with Crippen LogP contribution in [-0.4, -0.2) is 64.2 Å². The molecule has 0 radical (unpaired) electrons. The number of carbonyl (C=O) groups excluding carboxylic acids is 3. The van der Waals surface area contributed by atoms with Crippen molar-refractivity contribution in [3.05, 3.63) is 83.9 Å². The van der Waals surface area contributed by atoms with Crippen molar-refractivity contribution in [3.63, 3.8) is 0 Å². The maximum absolute atomic E-state index is 12.5. The molecule has 0 atom stereocenters. The molecule has 10 heteroatoms. The van der Waals surface area contributed by atoms with Gasteiger partial charge in [-0.2, -0.15) is 0 Å². The Morgan fingerprint density at radius 1 is 0.524 bits per heavy atom. The minimum atomic E-state index is -0.550. The minimum Gasteiger partial charge on any atom is -0.494 e. The van der Waals surface area contributed by atoms with Gasteiger partial charge in [0.05, 0.1) is 44.2 Å². The van der Waals surface area contributed by atoms with Gasteiger partial charge >= 0.3 is 17.9 Å². The summed E-state index contributed by atoms with van der Waals surface area (Å²) in [6.45, 7) is 6.70. The number of esters is 3. The molecule has 3 rings (SSSR count). The summed E-state index contributed by atoms with van der Waals surface area (Å²) >= 11 is 0. The monoisotopic (exact) mass is 580 g/mol. The smallest absolute Gasteiger partial charge is 0.343 e.